The molecule has 0 radical (unpaired) electrons. The van der Waals surface area contributed by atoms with E-state index in [1.807, 2.05) is 63.4 Å². The van der Waals surface area contributed by atoms with Crippen molar-refractivity contribution < 1.29 is 24.2 Å². The summed E-state index contributed by atoms with van der Waals surface area (Å²) in [7, 11) is 0. The van der Waals surface area contributed by atoms with Gasteiger partial charge < -0.3 is 25.4 Å². The first-order valence-electron chi connectivity index (χ1n) is 12.7. The van der Waals surface area contributed by atoms with E-state index in [0.717, 1.165) is 16.7 Å². The molecule has 2 atom stereocenters. The van der Waals surface area contributed by atoms with Gasteiger partial charge in [-0.25, -0.2) is 4.79 Å². The van der Waals surface area contributed by atoms with E-state index < -0.39 is 35.6 Å². The Kier molecular flexibility index (Phi) is 11.7. The van der Waals surface area contributed by atoms with E-state index in [-0.39, 0.29) is 13.2 Å². The third-order valence-corrected chi connectivity index (χ3v) is 6.65. The van der Waals surface area contributed by atoms with Crippen LogP contribution in [0.3, 0.4) is 0 Å². The highest BCUT2D eigenvalue weighted by atomic mass is 32.2. The molecular formula is C29H41N3O5S. The number of hydrogen-bond donors (Lipinski definition) is 3. The Morgan fingerprint density at radius 3 is 2.16 bits per heavy atom. The molecule has 2 unspecified atom stereocenters. The molecule has 38 heavy (non-hydrogen) atoms. The minimum atomic E-state index is -1.03. The van der Waals surface area contributed by atoms with E-state index in [1.54, 1.807) is 38.6 Å². The van der Waals surface area contributed by atoms with Gasteiger partial charge in [0, 0.05) is 12.2 Å². The number of hydrogen-bond acceptors (Lipinski definition) is 6. The van der Waals surface area contributed by atoms with Crippen LogP contribution in [-0.2, 0) is 14.3 Å². The first-order chi connectivity index (χ1) is 17.9. The summed E-state index contributed by atoms with van der Waals surface area (Å²) in [5, 5.41) is 15.7. The van der Waals surface area contributed by atoms with Crippen molar-refractivity contribution in [3.63, 3.8) is 0 Å². The lowest BCUT2D eigenvalue weighted by molar-refractivity contribution is -0.141. The van der Waals surface area contributed by atoms with Crippen LogP contribution in [-0.4, -0.2) is 64.7 Å². The predicted octanol–water partition coefficient (Wildman–Crippen LogP) is 4.76. The molecule has 0 aliphatic heterocycles. The molecule has 9 heteroatoms. The fourth-order valence-electron chi connectivity index (χ4n) is 4.22. The monoisotopic (exact) mass is 543 g/mol. The highest BCUT2D eigenvalue weighted by molar-refractivity contribution is 7.98. The van der Waals surface area contributed by atoms with Gasteiger partial charge in [-0.15, -0.1) is 0 Å². The lowest BCUT2D eigenvalue weighted by Gasteiger charge is -2.35. The Labute approximate surface area is 230 Å². The number of benzene rings is 2. The van der Waals surface area contributed by atoms with Crippen molar-refractivity contribution in [2.75, 3.05) is 30.5 Å². The van der Waals surface area contributed by atoms with Gasteiger partial charge in [-0.1, -0.05) is 36.4 Å². The number of nitrogens with zero attached hydrogens (tertiary/aromatic N) is 1. The largest absolute Gasteiger partial charge is 0.444 e. The zero-order valence-corrected chi connectivity index (χ0v) is 24.3. The first-order valence-corrected chi connectivity index (χ1v) is 14.1. The molecule has 3 amide bonds. The average Bonchev–Trinajstić information content (AvgIpc) is 2.83. The van der Waals surface area contributed by atoms with E-state index in [9.17, 15) is 19.5 Å². The number of rotatable bonds is 11. The Morgan fingerprint density at radius 2 is 1.61 bits per heavy atom. The zero-order valence-electron chi connectivity index (χ0n) is 23.5. The second-order valence-corrected chi connectivity index (χ2v) is 11.2. The summed E-state index contributed by atoms with van der Waals surface area (Å²) >= 11 is 1.54. The van der Waals surface area contributed by atoms with Crippen molar-refractivity contribution in [3.05, 3.63) is 64.7 Å². The molecule has 0 spiro atoms. The number of ether oxygens (including phenoxy) is 1. The maximum atomic E-state index is 14.1. The third-order valence-electron chi connectivity index (χ3n) is 6.00. The van der Waals surface area contributed by atoms with E-state index in [0.29, 0.717) is 23.4 Å². The van der Waals surface area contributed by atoms with Crippen LogP contribution in [0.1, 0.15) is 55.5 Å². The van der Waals surface area contributed by atoms with Gasteiger partial charge >= 0.3 is 6.09 Å². The van der Waals surface area contributed by atoms with Crippen LogP contribution >= 0.6 is 11.8 Å². The maximum absolute atomic E-state index is 14.1. The number of aryl methyl sites for hydroxylation is 3. The van der Waals surface area contributed by atoms with E-state index in [4.69, 9.17) is 4.74 Å². The number of para-hydroxylation sites is 1. The number of anilines is 1. The van der Waals surface area contributed by atoms with Crippen LogP contribution in [0.5, 0.6) is 0 Å². The van der Waals surface area contributed by atoms with Gasteiger partial charge in [0.1, 0.15) is 17.7 Å². The molecule has 2 aromatic carbocycles. The molecule has 0 bridgehead atoms. The molecular weight excluding hydrogens is 502 g/mol. The first kappa shape index (κ1) is 31.2. The Balaban J connectivity index is 2.56. The number of nitrogens with one attached hydrogen (secondary N) is 2. The minimum Gasteiger partial charge on any atom is -0.444 e. The number of aliphatic hydroxyl groups excluding tert-OH is 1. The van der Waals surface area contributed by atoms with Gasteiger partial charge in [0.15, 0.2) is 0 Å². The number of aliphatic hydroxyl groups is 1. The molecule has 3 N–H and O–H groups in total. The number of carbonyl (C=O) groups is 3. The SMILES string of the molecule is CSCCC(NC(=O)OC(C)(C)C)C(=O)N(CCO)C(C(=O)Nc1ccccc1C)c1c(C)cccc1C. The molecule has 0 aliphatic rings. The van der Waals surface area contributed by atoms with Crippen molar-refractivity contribution in [1.82, 2.24) is 10.2 Å². The second-order valence-electron chi connectivity index (χ2n) is 10.2. The van der Waals surface area contributed by atoms with Crippen molar-refractivity contribution in [2.24, 2.45) is 0 Å². The lowest BCUT2D eigenvalue weighted by atomic mass is 9.93. The average molecular weight is 544 g/mol. The molecule has 2 aromatic rings. The summed E-state index contributed by atoms with van der Waals surface area (Å²) < 4.78 is 5.40. The molecule has 0 aliphatic carbocycles. The van der Waals surface area contributed by atoms with Crippen LogP contribution in [0, 0.1) is 20.8 Å². The van der Waals surface area contributed by atoms with Gasteiger partial charge in [0.25, 0.3) is 5.91 Å². The summed E-state index contributed by atoms with van der Waals surface area (Å²) in [6.45, 7) is 10.5. The van der Waals surface area contributed by atoms with Crippen molar-refractivity contribution in [3.8, 4) is 0 Å². The fraction of sp³-hybridized carbons (Fsp3) is 0.483. The Hall–Kier alpha value is -3.04. The van der Waals surface area contributed by atoms with Crippen molar-refractivity contribution in [2.45, 2.75) is 65.6 Å². The van der Waals surface area contributed by atoms with Crippen LogP contribution in [0.15, 0.2) is 42.5 Å². The maximum Gasteiger partial charge on any atom is 0.408 e. The molecule has 8 nitrogen and oxygen atoms in total. The lowest BCUT2D eigenvalue weighted by Crippen LogP contribution is -2.53. The quantitative estimate of drug-likeness (QED) is 0.377. The Bertz CT molecular complexity index is 1100. The van der Waals surface area contributed by atoms with Crippen LogP contribution in [0.2, 0.25) is 0 Å². The molecule has 0 heterocycles. The zero-order chi connectivity index (χ0) is 28.5. The van der Waals surface area contributed by atoms with E-state index in [2.05, 4.69) is 10.6 Å². The molecule has 0 saturated carbocycles. The van der Waals surface area contributed by atoms with Gasteiger partial charge in [-0.2, -0.15) is 11.8 Å². The molecule has 208 valence electrons. The predicted molar refractivity (Wildman–Crippen MR) is 153 cm³/mol. The third kappa shape index (κ3) is 8.77. The number of carbonyl (C=O) groups excluding carboxylic acids is 3. The molecule has 2 rings (SSSR count). The molecule has 0 fully saturated rings. The van der Waals surface area contributed by atoms with Crippen LogP contribution in [0.25, 0.3) is 0 Å². The number of thioether (sulfide) groups is 1. The van der Waals surface area contributed by atoms with Gasteiger partial charge in [-0.3, -0.25) is 9.59 Å². The minimum absolute atomic E-state index is 0.0930. The summed E-state index contributed by atoms with van der Waals surface area (Å²) in [5.41, 5.74) is 3.14. The fourth-order valence-corrected chi connectivity index (χ4v) is 4.69. The standard InChI is InChI=1S/C29H41N3O5S/c1-19-11-8-9-14-22(19)30-26(34)25(24-20(2)12-10-13-21(24)3)32(16-17-33)27(35)23(15-18-38-7)31-28(36)37-29(4,5)6/h8-14,23,25,33H,15-18H2,1-7H3,(H,30,34)(H,31,36). The second kappa shape index (κ2) is 14.2. The molecule has 0 aromatic heterocycles. The summed E-state index contributed by atoms with van der Waals surface area (Å²) in [6, 6.07) is 11.1. The van der Waals surface area contributed by atoms with Crippen molar-refractivity contribution >= 4 is 35.4 Å². The summed E-state index contributed by atoms with van der Waals surface area (Å²) in [6.07, 6.45) is 1.53. The van der Waals surface area contributed by atoms with Crippen LogP contribution < -0.4 is 10.6 Å². The van der Waals surface area contributed by atoms with Gasteiger partial charge in [-0.05, 0) is 88.3 Å². The molecule has 0 saturated heterocycles. The summed E-state index contributed by atoms with van der Waals surface area (Å²) in [4.78, 5) is 42.0. The van der Waals surface area contributed by atoms with Gasteiger partial charge in [0.2, 0.25) is 5.91 Å². The van der Waals surface area contributed by atoms with Crippen molar-refractivity contribution in [1.29, 1.82) is 0 Å². The smallest absolute Gasteiger partial charge is 0.408 e. The number of amides is 3. The normalized spacial score (nSPS) is 12.8. The summed E-state index contributed by atoms with van der Waals surface area (Å²) in [5.74, 6) is -0.270. The van der Waals surface area contributed by atoms with Gasteiger partial charge in [0.05, 0.1) is 6.61 Å². The van der Waals surface area contributed by atoms with E-state index in [1.165, 1.54) is 4.90 Å². The topological polar surface area (TPSA) is 108 Å². The highest BCUT2D eigenvalue weighted by Gasteiger charge is 2.37. The number of alkyl carbamates (subject to hydrolysis) is 1. The van der Waals surface area contributed by atoms with Crippen LogP contribution in [0.4, 0.5) is 10.5 Å². The van der Waals surface area contributed by atoms with E-state index >= 15 is 0 Å². The Morgan fingerprint density at radius 1 is 1.00 bits per heavy atom. The highest BCUT2D eigenvalue weighted by Crippen LogP contribution is 2.30.